The van der Waals surface area contributed by atoms with Crippen LogP contribution in [0.2, 0.25) is 0 Å². The number of sulfone groups is 1. The third-order valence-corrected chi connectivity index (χ3v) is 3.50. The van der Waals surface area contributed by atoms with Crippen molar-refractivity contribution in [3.8, 4) is 0 Å². The van der Waals surface area contributed by atoms with Crippen molar-refractivity contribution in [2.45, 2.75) is 24.1 Å². The molecular formula is C5H12ClNO2S. The number of halogens is 1. The van der Waals surface area contributed by atoms with E-state index in [1.54, 1.807) is 0 Å². The first-order valence-electron chi connectivity index (χ1n) is 2.96. The predicted molar refractivity (Wildman–Crippen MR) is 43.1 cm³/mol. The van der Waals surface area contributed by atoms with Crippen molar-refractivity contribution in [1.82, 2.24) is 0 Å². The quantitative estimate of drug-likeness (QED) is 0.623. The average Bonchev–Trinajstić information content (AvgIpc) is 1.57. The van der Waals surface area contributed by atoms with Crippen molar-refractivity contribution in [3.05, 3.63) is 0 Å². The summed E-state index contributed by atoms with van der Waals surface area (Å²) in [4.78, 5) is 0. The minimum Gasteiger partial charge on any atom is -0.327 e. The summed E-state index contributed by atoms with van der Waals surface area (Å²) in [5.74, 6) is 0. The SMILES string of the molecule is CS(=O)(=O)[C@@H]1CC[C@H]1N.Cl. The number of hydrogen-bond acceptors (Lipinski definition) is 3. The van der Waals surface area contributed by atoms with Crippen LogP contribution < -0.4 is 5.73 Å². The molecule has 0 amide bonds. The van der Waals surface area contributed by atoms with Crippen LogP contribution in [0.15, 0.2) is 0 Å². The summed E-state index contributed by atoms with van der Waals surface area (Å²) >= 11 is 0. The van der Waals surface area contributed by atoms with Crippen LogP contribution in [0.25, 0.3) is 0 Å². The molecule has 0 aromatic rings. The summed E-state index contributed by atoms with van der Waals surface area (Å²) < 4.78 is 21.5. The van der Waals surface area contributed by atoms with E-state index in [0.29, 0.717) is 0 Å². The molecule has 1 aliphatic rings. The lowest BCUT2D eigenvalue weighted by molar-refractivity contribution is 0.410. The second kappa shape index (κ2) is 3.07. The summed E-state index contributed by atoms with van der Waals surface area (Å²) in [7, 11) is -2.84. The van der Waals surface area contributed by atoms with Gasteiger partial charge in [0.2, 0.25) is 0 Å². The van der Waals surface area contributed by atoms with E-state index in [1.807, 2.05) is 0 Å². The van der Waals surface area contributed by atoms with Gasteiger partial charge < -0.3 is 5.73 Å². The van der Waals surface area contributed by atoms with E-state index >= 15 is 0 Å². The van der Waals surface area contributed by atoms with Crippen molar-refractivity contribution < 1.29 is 8.42 Å². The molecule has 3 nitrogen and oxygen atoms in total. The molecule has 0 unspecified atom stereocenters. The zero-order chi connectivity index (χ0) is 7.07. The van der Waals surface area contributed by atoms with E-state index in [9.17, 15) is 8.42 Å². The van der Waals surface area contributed by atoms with Crippen molar-refractivity contribution >= 4 is 22.2 Å². The molecule has 1 rings (SSSR count). The van der Waals surface area contributed by atoms with Crippen LogP contribution in [0.5, 0.6) is 0 Å². The van der Waals surface area contributed by atoms with Crippen LogP contribution in [0.4, 0.5) is 0 Å². The monoisotopic (exact) mass is 185 g/mol. The van der Waals surface area contributed by atoms with Gasteiger partial charge in [0, 0.05) is 12.3 Å². The van der Waals surface area contributed by atoms with Crippen molar-refractivity contribution in [3.63, 3.8) is 0 Å². The van der Waals surface area contributed by atoms with Gasteiger partial charge in [-0.05, 0) is 12.8 Å². The average molecular weight is 186 g/mol. The molecule has 0 radical (unpaired) electrons. The van der Waals surface area contributed by atoms with E-state index < -0.39 is 9.84 Å². The Morgan fingerprint density at radius 2 is 1.90 bits per heavy atom. The van der Waals surface area contributed by atoms with Crippen molar-refractivity contribution in [2.24, 2.45) is 5.73 Å². The molecule has 62 valence electrons. The maximum atomic E-state index is 10.7. The van der Waals surface area contributed by atoms with E-state index in [0.717, 1.165) is 12.8 Å². The van der Waals surface area contributed by atoms with Gasteiger partial charge in [0.05, 0.1) is 5.25 Å². The topological polar surface area (TPSA) is 60.2 Å². The van der Waals surface area contributed by atoms with Gasteiger partial charge in [0.15, 0.2) is 9.84 Å². The largest absolute Gasteiger partial charge is 0.327 e. The Hall–Kier alpha value is 0.200. The first-order valence-corrected chi connectivity index (χ1v) is 4.92. The third-order valence-electron chi connectivity index (χ3n) is 1.81. The van der Waals surface area contributed by atoms with Gasteiger partial charge >= 0.3 is 0 Å². The first kappa shape index (κ1) is 10.2. The molecule has 0 saturated heterocycles. The molecule has 5 heteroatoms. The highest BCUT2D eigenvalue weighted by Crippen LogP contribution is 2.24. The fourth-order valence-corrected chi connectivity index (χ4v) is 2.36. The lowest BCUT2D eigenvalue weighted by Crippen LogP contribution is -2.48. The Balaban J connectivity index is 0.000000810. The highest BCUT2D eigenvalue weighted by molar-refractivity contribution is 7.91. The zero-order valence-electron chi connectivity index (χ0n) is 5.78. The molecular weight excluding hydrogens is 174 g/mol. The van der Waals surface area contributed by atoms with E-state index in [1.165, 1.54) is 6.26 Å². The minimum absolute atomic E-state index is 0. The Kier molecular flexibility index (Phi) is 3.13. The van der Waals surface area contributed by atoms with E-state index in [2.05, 4.69) is 0 Å². The molecule has 0 aliphatic heterocycles. The number of hydrogen-bond donors (Lipinski definition) is 1. The van der Waals surface area contributed by atoms with Gasteiger partial charge in [0.1, 0.15) is 0 Å². The Morgan fingerprint density at radius 3 is 1.90 bits per heavy atom. The Morgan fingerprint density at radius 1 is 1.40 bits per heavy atom. The third kappa shape index (κ3) is 1.84. The Bertz CT molecular complexity index is 202. The number of rotatable bonds is 1. The van der Waals surface area contributed by atoms with Crippen LogP contribution in [0.1, 0.15) is 12.8 Å². The van der Waals surface area contributed by atoms with E-state index in [-0.39, 0.29) is 23.7 Å². The molecule has 10 heavy (non-hydrogen) atoms. The molecule has 0 aromatic carbocycles. The van der Waals surface area contributed by atoms with Crippen LogP contribution in [-0.2, 0) is 9.84 Å². The second-order valence-corrected chi connectivity index (χ2v) is 4.87. The summed E-state index contributed by atoms with van der Waals surface area (Å²) in [6.45, 7) is 0. The van der Waals surface area contributed by atoms with Crippen LogP contribution >= 0.6 is 12.4 Å². The Labute approximate surface area is 67.3 Å². The summed E-state index contributed by atoms with van der Waals surface area (Å²) in [5, 5.41) is -0.252. The summed E-state index contributed by atoms with van der Waals surface area (Å²) in [5.41, 5.74) is 5.43. The molecule has 2 N–H and O–H groups in total. The highest BCUT2D eigenvalue weighted by atomic mass is 35.5. The number of nitrogens with two attached hydrogens (primary N) is 1. The normalized spacial score (nSPS) is 32.2. The molecule has 0 bridgehead atoms. The van der Waals surface area contributed by atoms with Gasteiger partial charge in [-0.3, -0.25) is 0 Å². The van der Waals surface area contributed by atoms with Crippen molar-refractivity contribution in [1.29, 1.82) is 0 Å². The van der Waals surface area contributed by atoms with Gasteiger partial charge in [-0.15, -0.1) is 12.4 Å². The fraction of sp³-hybridized carbons (Fsp3) is 1.00. The van der Waals surface area contributed by atoms with Crippen LogP contribution in [0, 0.1) is 0 Å². The molecule has 1 fully saturated rings. The second-order valence-electron chi connectivity index (χ2n) is 2.61. The maximum Gasteiger partial charge on any atom is 0.151 e. The van der Waals surface area contributed by atoms with Gasteiger partial charge in [-0.1, -0.05) is 0 Å². The first-order chi connectivity index (χ1) is 4.02. The predicted octanol–water partition coefficient (Wildman–Crippen LogP) is -0.0575. The van der Waals surface area contributed by atoms with Crippen LogP contribution in [-0.4, -0.2) is 26.0 Å². The zero-order valence-corrected chi connectivity index (χ0v) is 7.41. The van der Waals surface area contributed by atoms with Gasteiger partial charge in [-0.25, -0.2) is 8.42 Å². The summed E-state index contributed by atoms with van der Waals surface area (Å²) in [6.07, 6.45) is 2.86. The molecule has 0 spiro atoms. The standard InChI is InChI=1S/C5H11NO2S.ClH/c1-9(7,8)5-3-2-4(5)6;/h4-5H,2-3,6H2,1H3;1H/t4-,5-;/m1./s1. The minimum atomic E-state index is -2.84. The smallest absolute Gasteiger partial charge is 0.151 e. The van der Waals surface area contributed by atoms with Crippen molar-refractivity contribution in [2.75, 3.05) is 6.26 Å². The maximum absolute atomic E-state index is 10.7. The lowest BCUT2D eigenvalue weighted by Gasteiger charge is -2.31. The van der Waals surface area contributed by atoms with Gasteiger partial charge in [-0.2, -0.15) is 0 Å². The fourth-order valence-electron chi connectivity index (χ4n) is 1.03. The highest BCUT2D eigenvalue weighted by Gasteiger charge is 2.35. The summed E-state index contributed by atoms with van der Waals surface area (Å²) in [6, 6.07) is -0.0972. The van der Waals surface area contributed by atoms with E-state index in [4.69, 9.17) is 5.73 Å². The molecule has 0 heterocycles. The molecule has 0 aromatic heterocycles. The van der Waals surface area contributed by atoms with Gasteiger partial charge in [0.25, 0.3) is 0 Å². The molecule has 2 atom stereocenters. The molecule has 1 aliphatic carbocycles. The molecule has 1 saturated carbocycles. The van der Waals surface area contributed by atoms with Crippen LogP contribution in [0.3, 0.4) is 0 Å². The lowest BCUT2D eigenvalue weighted by atomic mass is 9.93.